The number of carbonyl (C=O) groups excluding carboxylic acids is 2. The molecule has 0 radical (unpaired) electrons. The van der Waals surface area contributed by atoms with Gasteiger partial charge >= 0.3 is 0 Å². The number of aliphatic hydroxyl groups excluding tert-OH is 1. The Morgan fingerprint density at radius 3 is 2.46 bits per heavy atom. The normalized spacial score (nSPS) is 17.3. The topological polar surface area (TPSA) is 91.3 Å². The van der Waals surface area contributed by atoms with Crippen LogP contribution in [0.3, 0.4) is 0 Å². The summed E-state index contributed by atoms with van der Waals surface area (Å²) in [4.78, 5) is 31.6. The number of benzene rings is 4. The van der Waals surface area contributed by atoms with Gasteiger partial charge in [0.05, 0.1) is 29.8 Å². The van der Waals surface area contributed by atoms with Crippen LogP contribution in [-0.2, 0) is 11.3 Å². The number of ether oxygens (including phenoxy) is 2. The monoisotopic (exact) mass is 681 g/mol. The molecule has 2 amide bonds. The molecule has 0 aromatic heterocycles. The number of carbonyl (C=O) groups is 2. The molecule has 0 fully saturated rings. The number of hydrogen-bond acceptors (Lipinski definition) is 6. The van der Waals surface area contributed by atoms with E-state index in [9.17, 15) is 19.1 Å². The minimum absolute atomic E-state index is 0.107. The molecule has 9 heteroatoms. The zero-order chi connectivity index (χ0) is 35.8. The van der Waals surface area contributed by atoms with Crippen LogP contribution in [0.1, 0.15) is 66.6 Å². The first-order valence-electron chi connectivity index (χ1n) is 17.4. The molecule has 50 heavy (non-hydrogen) atoms. The van der Waals surface area contributed by atoms with E-state index in [1.807, 2.05) is 83.3 Å². The zero-order valence-electron chi connectivity index (χ0n) is 29.6. The number of aliphatic hydroxyl groups is 1. The van der Waals surface area contributed by atoms with Crippen LogP contribution in [-0.4, -0.2) is 65.6 Å². The van der Waals surface area contributed by atoms with Crippen LogP contribution >= 0.6 is 0 Å². The molecule has 4 aromatic rings. The molecule has 264 valence electrons. The molecular weight excluding hydrogens is 633 g/mol. The van der Waals surface area contributed by atoms with Crippen LogP contribution in [0.25, 0.3) is 0 Å². The lowest BCUT2D eigenvalue weighted by atomic mass is 9.93. The second kappa shape index (κ2) is 16.8. The molecule has 0 saturated heterocycles. The number of anilines is 1. The first-order valence-corrected chi connectivity index (χ1v) is 17.4. The third kappa shape index (κ3) is 8.89. The molecular formula is C41H48FN3O5. The predicted octanol–water partition coefficient (Wildman–Crippen LogP) is 7.80. The van der Waals surface area contributed by atoms with Gasteiger partial charge in [-0.15, -0.1) is 0 Å². The van der Waals surface area contributed by atoms with Gasteiger partial charge in [-0.25, -0.2) is 4.39 Å². The first-order chi connectivity index (χ1) is 24.1. The van der Waals surface area contributed by atoms with Crippen LogP contribution < -0.4 is 14.8 Å². The fourth-order valence-electron chi connectivity index (χ4n) is 6.36. The Bertz CT molecular complexity index is 1750. The Kier molecular flexibility index (Phi) is 12.3. The molecule has 4 aromatic carbocycles. The molecule has 0 saturated carbocycles. The van der Waals surface area contributed by atoms with Gasteiger partial charge in [0.25, 0.3) is 5.91 Å². The van der Waals surface area contributed by atoms with Crippen molar-refractivity contribution in [2.24, 2.45) is 5.92 Å². The van der Waals surface area contributed by atoms with Crippen LogP contribution in [0.15, 0.2) is 91.0 Å². The van der Waals surface area contributed by atoms with Crippen molar-refractivity contribution >= 4 is 17.5 Å². The molecule has 1 heterocycles. The third-order valence-corrected chi connectivity index (χ3v) is 9.30. The fourth-order valence-corrected chi connectivity index (χ4v) is 6.36. The summed E-state index contributed by atoms with van der Waals surface area (Å²) < 4.78 is 26.5. The van der Waals surface area contributed by atoms with Gasteiger partial charge in [0.15, 0.2) is 5.75 Å². The van der Waals surface area contributed by atoms with E-state index in [4.69, 9.17) is 9.47 Å². The van der Waals surface area contributed by atoms with Gasteiger partial charge in [0.2, 0.25) is 5.91 Å². The molecule has 5 rings (SSSR count). The lowest BCUT2D eigenvalue weighted by Crippen LogP contribution is -2.49. The lowest BCUT2D eigenvalue weighted by molar-refractivity contribution is -0.117. The van der Waals surface area contributed by atoms with Crippen LogP contribution in [0.4, 0.5) is 10.1 Å². The quantitative estimate of drug-likeness (QED) is 0.150. The Morgan fingerprint density at radius 2 is 1.78 bits per heavy atom. The van der Waals surface area contributed by atoms with E-state index in [0.717, 1.165) is 29.0 Å². The summed E-state index contributed by atoms with van der Waals surface area (Å²) in [6.07, 6.45) is 0.961. The SMILES string of the molecule is CCCC(C(=O)Nc1cccc2c1O[C@H](CN(C)Cc1ccc(Oc3ccccc3C)cc1)[C@H](C)CN([C@@H](C)CO)C2=O)c1ccc(F)cc1. The maximum Gasteiger partial charge on any atom is 0.258 e. The molecule has 8 nitrogen and oxygen atoms in total. The highest BCUT2D eigenvalue weighted by molar-refractivity contribution is 6.03. The zero-order valence-corrected chi connectivity index (χ0v) is 29.6. The number of likely N-dealkylation sites (N-methyl/N-ethyl adjacent to an activating group) is 1. The number of fused-ring (bicyclic) bond motifs is 1. The molecule has 1 aliphatic heterocycles. The van der Waals surface area contributed by atoms with Crippen molar-refractivity contribution in [1.82, 2.24) is 9.80 Å². The largest absolute Gasteiger partial charge is 0.486 e. The second-order valence-corrected chi connectivity index (χ2v) is 13.4. The van der Waals surface area contributed by atoms with Crippen LogP contribution in [0, 0.1) is 18.7 Å². The number of hydrogen-bond donors (Lipinski definition) is 2. The van der Waals surface area contributed by atoms with E-state index < -0.39 is 12.0 Å². The predicted molar refractivity (Wildman–Crippen MR) is 194 cm³/mol. The summed E-state index contributed by atoms with van der Waals surface area (Å²) in [5, 5.41) is 13.1. The summed E-state index contributed by atoms with van der Waals surface area (Å²) in [6.45, 7) is 9.27. The highest BCUT2D eigenvalue weighted by Gasteiger charge is 2.35. The summed E-state index contributed by atoms with van der Waals surface area (Å²) in [5.41, 5.74) is 3.60. The number of nitrogens with zero attached hydrogens (tertiary/aromatic N) is 2. The van der Waals surface area contributed by atoms with Crippen molar-refractivity contribution in [3.63, 3.8) is 0 Å². The van der Waals surface area contributed by atoms with Crippen LogP contribution in [0.2, 0.25) is 0 Å². The van der Waals surface area contributed by atoms with E-state index in [-0.39, 0.29) is 36.3 Å². The summed E-state index contributed by atoms with van der Waals surface area (Å²) in [6, 6.07) is 26.7. The summed E-state index contributed by atoms with van der Waals surface area (Å²) in [7, 11) is 2.03. The van der Waals surface area contributed by atoms with Crippen molar-refractivity contribution in [3.05, 3.63) is 119 Å². The Hall–Kier alpha value is -4.73. The number of aryl methyl sites for hydroxylation is 1. The van der Waals surface area contributed by atoms with Gasteiger partial charge in [0, 0.05) is 25.6 Å². The molecule has 0 aliphatic carbocycles. The van der Waals surface area contributed by atoms with Crippen molar-refractivity contribution in [3.8, 4) is 17.2 Å². The van der Waals surface area contributed by atoms with E-state index in [1.165, 1.54) is 12.1 Å². The summed E-state index contributed by atoms with van der Waals surface area (Å²) >= 11 is 0. The lowest BCUT2D eigenvalue weighted by Gasteiger charge is -2.38. The van der Waals surface area contributed by atoms with Crippen molar-refractivity contribution in [1.29, 1.82) is 0 Å². The fraction of sp³-hybridized carbons (Fsp3) is 0.366. The molecule has 2 N–H and O–H groups in total. The van der Waals surface area contributed by atoms with Gasteiger partial charge < -0.3 is 24.8 Å². The number of halogens is 1. The molecule has 1 aliphatic rings. The number of rotatable bonds is 13. The van der Waals surface area contributed by atoms with Crippen molar-refractivity contribution in [2.45, 2.75) is 65.1 Å². The van der Waals surface area contributed by atoms with E-state index in [0.29, 0.717) is 48.6 Å². The maximum atomic E-state index is 14.0. The maximum absolute atomic E-state index is 14.0. The average Bonchev–Trinajstić information content (AvgIpc) is 3.11. The standard InChI is InChI=1S/C41H48FN3O5/c1-6-10-34(31-17-19-32(42)20-18-31)40(47)43-36-13-9-12-35-39(36)50-38(28(3)23-45(41(35)48)29(4)26-46)25-44(5)24-30-15-21-33(22-16-30)49-37-14-8-7-11-27(37)2/h7-9,11-22,28-29,34,38,46H,6,10,23-26H2,1-5H3,(H,43,47)/t28-,29+,34?,38-/m1/s1. The van der Waals surface area contributed by atoms with Crippen molar-refractivity contribution < 1.29 is 28.6 Å². The highest BCUT2D eigenvalue weighted by Crippen LogP contribution is 2.36. The number of nitrogens with one attached hydrogen (secondary N) is 1. The molecule has 0 spiro atoms. The average molecular weight is 682 g/mol. The Balaban J connectivity index is 1.38. The highest BCUT2D eigenvalue weighted by atomic mass is 19.1. The van der Waals surface area contributed by atoms with Gasteiger partial charge in [-0.2, -0.15) is 0 Å². The van der Waals surface area contributed by atoms with E-state index in [1.54, 1.807) is 35.2 Å². The smallest absolute Gasteiger partial charge is 0.258 e. The molecule has 4 atom stereocenters. The second-order valence-electron chi connectivity index (χ2n) is 13.4. The molecule has 0 bridgehead atoms. The minimum Gasteiger partial charge on any atom is -0.486 e. The Labute approximate surface area is 294 Å². The first kappa shape index (κ1) is 36.5. The van der Waals surface area contributed by atoms with Gasteiger partial charge in [0.1, 0.15) is 23.4 Å². The van der Waals surface area contributed by atoms with Gasteiger partial charge in [-0.05, 0) is 86.5 Å². The Morgan fingerprint density at radius 1 is 1.06 bits per heavy atom. The number of amides is 2. The minimum atomic E-state index is -0.513. The van der Waals surface area contributed by atoms with Gasteiger partial charge in [-0.1, -0.05) is 68.8 Å². The van der Waals surface area contributed by atoms with Crippen LogP contribution in [0.5, 0.6) is 17.2 Å². The van der Waals surface area contributed by atoms with E-state index >= 15 is 0 Å². The summed E-state index contributed by atoms with van der Waals surface area (Å²) in [5.74, 6) is 0.371. The van der Waals surface area contributed by atoms with E-state index in [2.05, 4.69) is 10.2 Å². The van der Waals surface area contributed by atoms with Gasteiger partial charge in [-0.3, -0.25) is 14.5 Å². The third-order valence-electron chi connectivity index (χ3n) is 9.30. The molecule has 1 unspecified atom stereocenters. The number of para-hydroxylation sites is 2. The van der Waals surface area contributed by atoms with Crippen molar-refractivity contribution in [2.75, 3.05) is 32.1 Å².